The molecule has 1 saturated heterocycles. The summed E-state index contributed by atoms with van der Waals surface area (Å²) in [6.45, 7) is 3.57. The van der Waals surface area contributed by atoms with Crippen molar-refractivity contribution in [3.8, 4) is 17.0 Å². The number of hydrogen-bond donors (Lipinski definition) is 1. The zero-order valence-electron chi connectivity index (χ0n) is 19.4. The normalized spacial score (nSPS) is 15.8. The fourth-order valence-electron chi connectivity index (χ4n) is 4.26. The minimum atomic E-state index is -4.42. The summed E-state index contributed by atoms with van der Waals surface area (Å²) in [6, 6.07) is 7.80. The first-order valence-electron chi connectivity index (χ1n) is 11.3. The van der Waals surface area contributed by atoms with Gasteiger partial charge in [-0.1, -0.05) is 0 Å². The van der Waals surface area contributed by atoms with Crippen molar-refractivity contribution < 1.29 is 31.1 Å². The lowest BCUT2D eigenvalue weighted by Gasteiger charge is -2.28. The summed E-state index contributed by atoms with van der Waals surface area (Å²) >= 11 is 0. The van der Waals surface area contributed by atoms with E-state index in [4.69, 9.17) is 9.47 Å². The van der Waals surface area contributed by atoms with Crippen LogP contribution in [0.4, 0.5) is 13.2 Å². The first-order valence-corrected chi connectivity index (χ1v) is 12.7. The Morgan fingerprint density at radius 1 is 1.09 bits per heavy atom. The van der Waals surface area contributed by atoms with Crippen molar-refractivity contribution in [1.29, 1.82) is 0 Å². The number of rotatable bonds is 8. The molecule has 0 radical (unpaired) electrons. The molecular weight excluding hydrogens is 481 g/mol. The summed E-state index contributed by atoms with van der Waals surface area (Å²) in [7, 11) is -2.74. The smallest absolute Gasteiger partial charge is 0.268 e. The summed E-state index contributed by atoms with van der Waals surface area (Å²) in [5, 5.41) is 2.91. The highest BCUT2D eigenvalue weighted by atomic mass is 32.2. The van der Waals surface area contributed by atoms with Gasteiger partial charge in [0.15, 0.2) is 0 Å². The molecular formula is C25H27F3N2O4S. The summed E-state index contributed by atoms with van der Waals surface area (Å²) in [5.41, 5.74) is 0.594. The maximum Gasteiger partial charge on any atom is 0.268 e. The van der Waals surface area contributed by atoms with Crippen molar-refractivity contribution in [2.45, 2.75) is 37.3 Å². The van der Waals surface area contributed by atoms with Crippen molar-refractivity contribution in [3.63, 3.8) is 0 Å². The quantitative estimate of drug-likeness (QED) is 0.477. The Bertz CT molecular complexity index is 1280. The van der Waals surface area contributed by atoms with Gasteiger partial charge in [0.05, 0.1) is 16.7 Å². The summed E-state index contributed by atoms with van der Waals surface area (Å²) < 4.78 is 81.6. The second kappa shape index (κ2) is 10.4. The molecule has 0 saturated carbocycles. The van der Waals surface area contributed by atoms with Crippen LogP contribution in [0, 0.1) is 23.4 Å². The predicted octanol–water partition coefficient (Wildman–Crippen LogP) is 4.72. The molecule has 0 aliphatic carbocycles. The van der Waals surface area contributed by atoms with Gasteiger partial charge in [-0.05, 0) is 68.6 Å². The van der Waals surface area contributed by atoms with Crippen molar-refractivity contribution in [3.05, 3.63) is 71.7 Å². The van der Waals surface area contributed by atoms with Crippen molar-refractivity contribution in [2.75, 3.05) is 20.3 Å². The molecule has 2 heterocycles. The van der Waals surface area contributed by atoms with Crippen LogP contribution in [-0.2, 0) is 21.3 Å². The van der Waals surface area contributed by atoms with Gasteiger partial charge in [0.25, 0.3) is 10.0 Å². The Hall–Kier alpha value is -2.82. The third-order valence-electron chi connectivity index (χ3n) is 6.08. The summed E-state index contributed by atoms with van der Waals surface area (Å²) in [6.07, 6.45) is 2.89. The van der Waals surface area contributed by atoms with Crippen molar-refractivity contribution in [2.24, 2.45) is 5.92 Å². The number of aromatic nitrogens is 1. The average molecular weight is 509 g/mol. The van der Waals surface area contributed by atoms with Gasteiger partial charge in [-0.25, -0.2) is 25.6 Å². The van der Waals surface area contributed by atoms with Crippen LogP contribution in [0.3, 0.4) is 0 Å². The van der Waals surface area contributed by atoms with Crippen LogP contribution in [0.2, 0.25) is 0 Å². The van der Waals surface area contributed by atoms with Crippen molar-refractivity contribution in [1.82, 2.24) is 9.29 Å². The van der Waals surface area contributed by atoms with Gasteiger partial charge >= 0.3 is 0 Å². The molecule has 1 N–H and O–H groups in total. The molecule has 1 aromatic heterocycles. The van der Waals surface area contributed by atoms with Crippen LogP contribution in [-0.4, -0.2) is 38.8 Å². The Morgan fingerprint density at radius 3 is 2.40 bits per heavy atom. The van der Waals surface area contributed by atoms with Gasteiger partial charge in [0.1, 0.15) is 23.2 Å². The van der Waals surface area contributed by atoms with E-state index in [1.54, 1.807) is 13.1 Å². The van der Waals surface area contributed by atoms with E-state index >= 15 is 4.39 Å². The molecule has 0 bridgehead atoms. The fourth-order valence-corrected chi connectivity index (χ4v) is 5.69. The Kier molecular flexibility index (Phi) is 7.53. The third-order valence-corrected chi connectivity index (χ3v) is 7.74. The molecule has 2 aromatic carbocycles. The number of ether oxygens (including phenoxy) is 2. The number of halogens is 3. The molecule has 1 unspecified atom stereocenters. The van der Waals surface area contributed by atoms with E-state index in [0.717, 1.165) is 28.9 Å². The monoisotopic (exact) mass is 508 g/mol. The van der Waals surface area contributed by atoms with E-state index in [2.05, 4.69) is 5.32 Å². The van der Waals surface area contributed by atoms with E-state index in [1.807, 2.05) is 6.92 Å². The fraction of sp³-hybridized carbons (Fsp3) is 0.360. The second-order valence-corrected chi connectivity index (χ2v) is 10.4. The SMILES string of the molecule is CNCc1cc(-c2ccc(OC(C)C3CCOCC3)cc2F)n(S(=O)(=O)c2cc(F)cc(F)c2)c1. The summed E-state index contributed by atoms with van der Waals surface area (Å²) in [5.74, 6) is -2.12. The Labute approximate surface area is 202 Å². The molecule has 0 spiro atoms. The number of nitrogens with zero attached hydrogens (tertiary/aromatic N) is 1. The standard InChI is InChI=1S/C25H27F3N2O4S/c1-16(18-5-7-33-8-6-18)34-21-3-4-23(24(28)13-21)25-9-17(14-29-2)15-30(25)35(31,32)22-11-19(26)10-20(27)12-22/h3-4,9-13,15-16,18,29H,5-8,14H2,1-2H3. The first kappa shape index (κ1) is 25.3. The molecule has 188 valence electrons. The average Bonchev–Trinajstić information content (AvgIpc) is 3.24. The number of nitrogens with one attached hydrogen (secondary N) is 1. The third kappa shape index (κ3) is 5.55. The zero-order chi connectivity index (χ0) is 25.2. The molecule has 4 rings (SSSR count). The topological polar surface area (TPSA) is 69.6 Å². The Morgan fingerprint density at radius 2 is 1.77 bits per heavy atom. The van der Waals surface area contributed by atoms with Gasteiger partial charge in [0.2, 0.25) is 0 Å². The molecule has 1 fully saturated rings. The maximum atomic E-state index is 15.3. The summed E-state index contributed by atoms with van der Waals surface area (Å²) in [4.78, 5) is -0.575. The molecule has 0 amide bonds. The second-order valence-electron chi connectivity index (χ2n) is 8.58. The molecule has 1 aliphatic heterocycles. The van der Waals surface area contributed by atoms with Gasteiger partial charge in [-0.15, -0.1) is 0 Å². The van der Waals surface area contributed by atoms with Crippen LogP contribution in [0.25, 0.3) is 11.3 Å². The van der Waals surface area contributed by atoms with Crippen LogP contribution < -0.4 is 10.1 Å². The molecule has 1 atom stereocenters. The molecule has 35 heavy (non-hydrogen) atoms. The van der Waals surface area contributed by atoms with Crippen LogP contribution in [0.5, 0.6) is 5.75 Å². The highest BCUT2D eigenvalue weighted by Gasteiger charge is 2.26. The van der Waals surface area contributed by atoms with Gasteiger partial charge in [-0.2, -0.15) is 0 Å². The van der Waals surface area contributed by atoms with Gasteiger partial charge < -0.3 is 14.8 Å². The largest absolute Gasteiger partial charge is 0.490 e. The molecule has 6 nitrogen and oxygen atoms in total. The van der Waals surface area contributed by atoms with Crippen LogP contribution in [0.1, 0.15) is 25.3 Å². The molecule has 1 aliphatic rings. The van der Waals surface area contributed by atoms with E-state index in [-0.39, 0.29) is 17.4 Å². The van der Waals surface area contributed by atoms with E-state index < -0.39 is 32.4 Å². The minimum absolute atomic E-state index is 0.0128. The van der Waals surface area contributed by atoms with Gasteiger partial charge in [0, 0.05) is 43.7 Å². The molecule has 10 heteroatoms. The lowest BCUT2D eigenvalue weighted by atomic mass is 9.95. The maximum absolute atomic E-state index is 15.3. The highest BCUT2D eigenvalue weighted by Crippen LogP contribution is 2.32. The van der Waals surface area contributed by atoms with E-state index in [0.29, 0.717) is 43.1 Å². The van der Waals surface area contributed by atoms with Crippen molar-refractivity contribution >= 4 is 10.0 Å². The minimum Gasteiger partial charge on any atom is -0.490 e. The highest BCUT2D eigenvalue weighted by molar-refractivity contribution is 7.90. The van der Waals surface area contributed by atoms with Crippen LogP contribution >= 0.6 is 0 Å². The van der Waals surface area contributed by atoms with Gasteiger partial charge in [-0.3, -0.25) is 0 Å². The van der Waals surface area contributed by atoms with E-state index in [9.17, 15) is 17.2 Å². The predicted molar refractivity (Wildman–Crippen MR) is 125 cm³/mol. The zero-order valence-corrected chi connectivity index (χ0v) is 20.2. The first-order chi connectivity index (χ1) is 16.7. The lowest BCUT2D eigenvalue weighted by molar-refractivity contribution is 0.0238. The number of hydrogen-bond acceptors (Lipinski definition) is 5. The van der Waals surface area contributed by atoms with Crippen LogP contribution in [0.15, 0.2) is 53.6 Å². The Balaban J connectivity index is 1.70. The van der Waals surface area contributed by atoms with E-state index in [1.165, 1.54) is 24.4 Å². The number of benzene rings is 2. The lowest BCUT2D eigenvalue weighted by Crippen LogP contribution is -2.29. The molecule has 3 aromatic rings.